The fourth-order valence-corrected chi connectivity index (χ4v) is 3.62. The predicted molar refractivity (Wildman–Crippen MR) is 70.1 cm³/mol. The van der Waals surface area contributed by atoms with Gasteiger partial charge < -0.3 is 9.88 Å². The summed E-state index contributed by atoms with van der Waals surface area (Å²) in [6, 6.07) is 0. The highest BCUT2D eigenvalue weighted by atomic mass is 15.3. The summed E-state index contributed by atoms with van der Waals surface area (Å²) in [5, 5.41) is 11.6. The maximum Gasteiger partial charge on any atom is 0.147 e. The van der Waals surface area contributed by atoms with Crippen molar-refractivity contribution in [2.75, 3.05) is 26.7 Å². The van der Waals surface area contributed by atoms with E-state index in [0.29, 0.717) is 5.41 Å². The number of fused-ring (bicyclic) bond motifs is 1. The van der Waals surface area contributed by atoms with Gasteiger partial charge in [0.1, 0.15) is 12.2 Å². The molecule has 2 heterocycles. The first-order chi connectivity index (χ1) is 8.81. The zero-order valence-corrected chi connectivity index (χ0v) is 11.2. The lowest BCUT2D eigenvalue weighted by atomic mass is 9.85. The second-order valence-electron chi connectivity index (χ2n) is 5.89. The molecule has 1 N–H and O–H groups in total. The first-order valence-electron chi connectivity index (χ1n) is 7.05. The molecule has 0 aromatic carbocycles. The molecule has 0 amide bonds. The molecule has 0 unspecified atom stereocenters. The number of rotatable bonds is 4. The molecule has 1 fully saturated rings. The van der Waals surface area contributed by atoms with Gasteiger partial charge in [-0.2, -0.15) is 0 Å². The van der Waals surface area contributed by atoms with Gasteiger partial charge in [-0.25, -0.2) is 0 Å². The number of hydrogen-bond donors (Lipinski definition) is 1. The van der Waals surface area contributed by atoms with E-state index in [-0.39, 0.29) is 0 Å². The van der Waals surface area contributed by atoms with E-state index in [2.05, 4.69) is 32.0 Å². The van der Waals surface area contributed by atoms with Gasteiger partial charge in [-0.05, 0) is 25.3 Å². The lowest BCUT2D eigenvalue weighted by molar-refractivity contribution is 0.123. The molecule has 5 heteroatoms. The maximum atomic E-state index is 4.21. The van der Waals surface area contributed by atoms with Crippen LogP contribution in [-0.2, 0) is 13.1 Å². The van der Waals surface area contributed by atoms with E-state index in [1.807, 2.05) is 6.33 Å². The molecule has 0 saturated heterocycles. The Labute approximate surface area is 109 Å². The summed E-state index contributed by atoms with van der Waals surface area (Å²) in [5.41, 5.74) is 0.497. The molecule has 1 aromatic rings. The summed E-state index contributed by atoms with van der Waals surface area (Å²) in [6.45, 7) is 5.50. The summed E-state index contributed by atoms with van der Waals surface area (Å²) in [4.78, 5) is 2.56. The average Bonchev–Trinajstić information content (AvgIpc) is 2.98. The SMILES string of the molecule is CNCC1(CN2CCn3cnnc3C2)CCCC1. The Hall–Kier alpha value is -0.940. The van der Waals surface area contributed by atoms with Gasteiger partial charge in [0.15, 0.2) is 0 Å². The molecule has 5 nitrogen and oxygen atoms in total. The van der Waals surface area contributed by atoms with Crippen LogP contribution in [0.15, 0.2) is 6.33 Å². The summed E-state index contributed by atoms with van der Waals surface area (Å²) in [6.07, 6.45) is 7.39. The van der Waals surface area contributed by atoms with Crippen LogP contribution in [-0.4, -0.2) is 46.3 Å². The Morgan fingerprint density at radius 3 is 2.94 bits per heavy atom. The number of nitrogens with zero attached hydrogens (tertiary/aromatic N) is 4. The lowest BCUT2D eigenvalue weighted by Gasteiger charge is -2.37. The van der Waals surface area contributed by atoms with Crippen LogP contribution in [0.3, 0.4) is 0 Å². The monoisotopic (exact) mass is 249 g/mol. The van der Waals surface area contributed by atoms with Crippen LogP contribution in [0.2, 0.25) is 0 Å². The molecule has 0 atom stereocenters. The van der Waals surface area contributed by atoms with Crippen molar-refractivity contribution >= 4 is 0 Å². The molecule has 0 spiro atoms. The van der Waals surface area contributed by atoms with Crippen molar-refractivity contribution in [2.24, 2.45) is 5.41 Å². The molecule has 100 valence electrons. The largest absolute Gasteiger partial charge is 0.319 e. The third-order valence-electron chi connectivity index (χ3n) is 4.49. The van der Waals surface area contributed by atoms with Crippen molar-refractivity contribution in [3.8, 4) is 0 Å². The molecule has 1 saturated carbocycles. The van der Waals surface area contributed by atoms with Gasteiger partial charge in [-0.1, -0.05) is 12.8 Å². The van der Waals surface area contributed by atoms with Crippen LogP contribution in [0, 0.1) is 5.41 Å². The standard InChI is InChI=1S/C13H23N5/c1-14-9-13(4-2-3-5-13)10-17-6-7-18-11-15-16-12(18)8-17/h11,14H,2-10H2,1H3. The smallest absolute Gasteiger partial charge is 0.147 e. The van der Waals surface area contributed by atoms with Crippen LogP contribution < -0.4 is 5.32 Å². The average molecular weight is 249 g/mol. The highest BCUT2D eigenvalue weighted by Gasteiger charge is 2.35. The maximum absolute atomic E-state index is 4.21. The number of nitrogens with one attached hydrogen (secondary N) is 1. The first-order valence-corrected chi connectivity index (χ1v) is 7.05. The predicted octanol–water partition coefficient (Wildman–Crippen LogP) is 0.873. The topological polar surface area (TPSA) is 46.0 Å². The van der Waals surface area contributed by atoms with Gasteiger partial charge >= 0.3 is 0 Å². The van der Waals surface area contributed by atoms with Gasteiger partial charge in [0.05, 0.1) is 6.54 Å². The van der Waals surface area contributed by atoms with Crippen molar-refractivity contribution in [1.29, 1.82) is 0 Å². The van der Waals surface area contributed by atoms with E-state index in [1.165, 1.54) is 32.2 Å². The Bertz CT molecular complexity index is 394. The van der Waals surface area contributed by atoms with Crippen LogP contribution in [0.5, 0.6) is 0 Å². The zero-order valence-electron chi connectivity index (χ0n) is 11.2. The van der Waals surface area contributed by atoms with Crippen LogP contribution in [0.1, 0.15) is 31.5 Å². The van der Waals surface area contributed by atoms with E-state index in [4.69, 9.17) is 0 Å². The molecule has 2 aliphatic rings. The summed E-state index contributed by atoms with van der Waals surface area (Å²) in [5.74, 6) is 1.12. The quantitative estimate of drug-likeness (QED) is 0.860. The first kappa shape index (κ1) is 12.1. The molecule has 1 aliphatic carbocycles. The fraction of sp³-hybridized carbons (Fsp3) is 0.846. The van der Waals surface area contributed by atoms with E-state index in [9.17, 15) is 0 Å². The molecule has 3 rings (SSSR count). The highest BCUT2D eigenvalue weighted by molar-refractivity contribution is 4.94. The number of aromatic nitrogens is 3. The third kappa shape index (κ3) is 2.29. The van der Waals surface area contributed by atoms with Gasteiger partial charge in [-0.15, -0.1) is 10.2 Å². The Balaban J connectivity index is 1.66. The minimum atomic E-state index is 0.497. The van der Waals surface area contributed by atoms with Crippen molar-refractivity contribution in [2.45, 2.75) is 38.8 Å². The van der Waals surface area contributed by atoms with Crippen molar-refractivity contribution in [3.63, 3.8) is 0 Å². The van der Waals surface area contributed by atoms with Gasteiger partial charge in [0.2, 0.25) is 0 Å². The second-order valence-corrected chi connectivity index (χ2v) is 5.89. The highest BCUT2D eigenvalue weighted by Crippen LogP contribution is 2.38. The molecular formula is C13H23N5. The Morgan fingerprint density at radius 2 is 2.17 bits per heavy atom. The molecule has 1 aliphatic heterocycles. The second kappa shape index (κ2) is 4.97. The molecular weight excluding hydrogens is 226 g/mol. The third-order valence-corrected chi connectivity index (χ3v) is 4.49. The van der Waals surface area contributed by atoms with Gasteiger partial charge in [0, 0.05) is 26.2 Å². The lowest BCUT2D eigenvalue weighted by Crippen LogP contribution is -2.44. The van der Waals surface area contributed by atoms with E-state index in [1.54, 1.807) is 0 Å². The van der Waals surface area contributed by atoms with E-state index >= 15 is 0 Å². The van der Waals surface area contributed by atoms with Crippen LogP contribution in [0.25, 0.3) is 0 Å². The van der Waals surface area contributed by atoms with Crippen molar-refractivity contribution < 1.29 is 0 Å². The molecule has 0 bridgehead atoms. The van der Waals surface area contributed by atoms with Crippen LogP contribution in [0.4, 0.5) is 0 Å². The molecule has 1 aromatic heterocycles. The van der Waals surface area contributed by atoms with Crippen LogP contribution >= 0.6 is 0 Å². The van der Waals surface area contributed by atoms with E-state index in [0.717, 1.165) is 32.0 Å². The van der Waals surface area contributed by atoms with Crippen molar-refractivity contribution in [1.82, 2.24) is 25.0 Å². The summed E-state index contributed by atoms with van der Waals surface area (Å²) < 4.78 is 2.18. The summed E-state index contributed by atoms with van der Waals surface area (Å²) in [7, 11) is 2.08. The Kier molecular flexibility index (Phi) is 3.35. The minimum Gasteiger partial charge on any atom is -0.319 e. The summed E-state index contributed by atoms with van der Waals surface area (Å²) >= 11 is 0. The van der Waals surface area contributed by atoms with Gasteiger partial charge in [-0.3, -0.25) is 4.90 Å². The Morgan fingerprint density at radius 1 is 1.33 bits per heavy atom. The number of hydrogen-bond acceptors (Lipinski definition) is 4. The zero-order chi connectivity index (χ0) is 12.4. The van der Waals surface area contributed by atoms with E-state index < -0.39 is 0 Å². The fourth-order valence-electron chi connectivity index (χ4n) is 3.62. The van der Waals surface area contributed by atoms with Crippen molar-refractivity contribution in [3.05, 3.63) is 12.2 Å². The molecule has 18 heavy (non-hydrogen) atoms. The normalized spacial score (nSPS) is 23.2. The van der Waals surface area contributed by atoms with Gasteiger partial charge in [0.25, 0.3) is 0 Å². The molecule has 0 radical (unpaired) electrons. The minimum absolute atomic E-state index is 0.497.